The van der Waals surface area contributed by atoms with Crippen molar-refractivity contribution >= 4 is 0 Å². The van der Waals surface area contributed by atoms with Gasteiger partial charge in [0.2, 0.25) is 0 Å². The van der Waals surface area contributed by atoms with Crippen LogP contribution in [0, 0.1) is 6.92 Å². The standard InChI is InChI=1S/C9H14N2/c1-8-4-2-3-5-9(8)6-11-7-10/h2-5,11H,6-7,10H2,1H3. The van der Waals surface area contributed by atoms with Gasteiger partial charge < -0.3 is 11.1 Å². The van der Waals surface area contributed by atoms with Crippen molar-refractivity contribution < 1.29 is 0 Å². The molecule has 11 heavy (non-hydrogen) atoms. The summed E-state index contributed by atoms with van der Waals surface area (Å²) in [7, 11) is 0. The van der Waals surface area contributed by atoms with Crippen LogP contribution in [0.15, 0.2) is 24.3 Å². The molecule has 3 N–H and O–H groups in total. The highest BCUT2D eigenvalue weighted by molar-refractivity contribution is 5.25. The lowest BCUT2D eigenvalue weighted by Crippen LogP contribution is -2.21. The van der Waals surface area contributed by atoms with Gasteiger partial charge in [0.15, 0.2) is 0 Å². The molecule has 0 saturated heterocycles. The molecule has 0 aliphatic carbocycles. The van der Waals surface area contributed by atoms with Crippen LogP contribution in [0.25, 0.3) is 0 Å². The maximum Gasteiger partial charge on any atom is 0.0431 e. The van der Waals surface area contributed by atoms with E-state index in [2.05, 4.69) is 24.4 Å². The summed E-state index contributed by atoms with van der Waals surface area (Å²) in [6.45, 7) is 3.50. The van der Waals surface area contributed by atoms with Gasteiger partial charge in [0, 0.05) is 13.2 Å². The topological polar surface area (TPSA) is 38.0 Å². The first-order valence-electron chi connectivity index (χ1n) is 3.80. The zero-order valence-corrected chi connectivity index (χ0v) is 6.80. The molecule has 0 spiro atoms. The van der Waals surface area contributed by atoms with Crippen LogP contribution < -0.4 is 11.1 Å². The van der Waals surface area contributed by atoms with Crippen molar-refractivity contribution in [1.82, 2.24) is 5.32 Å². The Morgan fingerprint density at radius 3 is 2.73 bits per heavy atom. The number of hydrogen-bond acceptors (Lipinski definition) is 2. The Morgan fingerprint density at radius 2 is 2.09 bits per heavy atom. The zero-order chi connectivity index (χ0) is 8.10. The summed E-state index contributed by atoms with van der Waals surface area (Å²) in [5.74, 6) is 0. The van der Waals surface area contributed by atoms with E-state index in [0.717, 1.165) is 6.54 Å². The second-order valence-corrected chi connectivity index (χ2v) is 2.56. The van der Waals surface area contributed by atoms with Gasteiger partial charge in [-0.15, -0.1) is 0 Å². The van der Waals surface area contributed by atoms with Crippen molar-refractivity contribution in [1.29, 1.82) is 0 Å². The van der Waals surface area contributed by atoms with E-state index in [0.29, 0.717) is 6.67 Å². The van der Waals surface area contributed by atoms with Crippen molar-refractivity contribution in [2.45, 2.75) is 13.5 Å². The maximum atomic E-state index is 5.32. The summed E-state index contributed by atoms with van der Waals surface area (Å²) in [5.41, 5.74) is 7.95. The maximum absolute atomic E-state index is 5.32. The van der Waals surface area contributed by atoms with Crippen LogP contribution in [0.4, 0.5) is 0 Å². The smallest absolute Gasteiger partial charge is 0.0431 e. The number of rotatable bonds is 3. The second kappa shape index (κ2) is 4.11. The molecule has 0 heterocycles. The van der Waals surface area contributed by atoms with Crippen LogP contribution in [0.1, 0.15) is 11.1 Å². The Bertz CT molecular complexity index is 221. The molecule has 0 unspecified atom stereocenters. The summed E-state index contributed by atoms with van der Waals surface area (Å²) in [6.07, 6.45) is 0. The Hall–Kier alpha value is -0.860. The molecule has 0 saturated carbocycles. The summed E-state index contributed by atoms with van der Waals surface area (Å²) < 4.78 is 0. The van der Waals surface area contributed by atoms with Crippen molar-refractivity contribution in [2.75, 3.05) is 6.67 Å². The molecule has 60 valence electrons. The Kier molecular flexibility index (Phi) is 3.08. The van der Waals surface area contributed by atoms with E-state index in [1.165, 1.54) is 11.1 Å². The second-order valence-electron chi connectivity index (χ2n) is 2.56. The fourth-order valence-corrected chi connectivity index (χ4v) is 1.02. The average molecular weight is 150 g/mol. The summed E-state index contributed by atoms with van der Waals surface area (Å²) >= 11 is 0. The average Bonchev–Trinajstić information content (AvgIpc) is 2.03. The minimum Gasteiger partial charge on any atom is -0.318 e. The van der Waals surface area contributed by atoms with Crippen LogP contribution in [0.2, 0.25) is 0 Å². The Morgan fingerprint density at radius 1 is 1.36 bits per heavy atom. The molecule has 1 aromatic rings. The van der Waals surface area contributed by atoms with E-state index in [1.54, 1.807) is 0 Å². The normalized spacial score (nSPS) is 10.0. The first-order valence-corrected chi connectivity index (χ1v) is 3.80. The fourth-order valence-electron chi connectivity index (χ4n) is 1.02. The fraction of sp³-hybridized carbons (Fsp3) is 0.333. The predicted molar refractivity (Wildman–Crippen MR) is 47.1 cm³/mol. The predicted octanol–water partition coefficient (Wildman–Crippen LogP) is 1.00. The molecule has 0 fully saturated rings. The van der Waals surface area contributed by atoms with E-state index < -0.39 is 0 Å². The number of aryl methyl sites for hydroxylation is 1. The lowest BCUT2D eigenvalue weighted by Gasteiger charge is -2.04. The number of nitrogens with two attached hydrogens (primary N) is 1. The molecular formula is C9H14N2. The van der Waals surface area contributed by atoms with E-state index in [1.807, 2.05) is 12.1 Å². The van der Waals surface area contributed by atoms with Gasteiger partial charge in [-0.05, 0) is 18.1 Å². The summed E-state index contributed by atoms with van der Waals surface area (Å²) in [4.78, 5) is 0. The van der Waals surface area contributed by atoms with Gasteiger partial charge in [0.1, 0.15) is 0 Å². The highest BCUT2D eigenvalue weighted by atomic mass is 14.9. The highest BCUT2D eigenvalue weighted by Crippen LogP contribution is 2.05. The zero-order valence-electron chi connectivity index (χ0n) is 6.80. The number of benzene rings is 1. The van der Waals surface area contributed by atoms with Gasteiger partial charge in [0.05, 0.1) is 0 Å². The molecule has 0 aromatic heterocycles. The van der Waals surface area contributed by atoms with E-state index >= 15 is 0 Å². The molecule has 0 aliphatic heterocycles. The van der Waals surface area contributed by atoms with Crippen molar-refractivity contribution in [2.24, 2.45) is 5.73 Å². The molecule has 0 amide bonds. The largest absolute Gasteiger partial charge is 0.318 e. The summed E-state index contributed by atoms with van der Waals surface area (Å²) in [6, 6.07) is 8.30. The van der Waals surface area contributed by atoms with Gasteiger partial charge in [-0.25, -0.2) is 0 Å². The van der Waals surface area contributed by atoms with Crippen LogP contribution in [0.5, 0.6) is 0 Å². The molecule has 0 atom stereocenters. The van der Waals surface area contributed by atoms with Crippen LogP contribution in [-0.4, -0.2) is 6.67 Å². The lowest BCUT2D eigenvalue weighted by atomic mass is 10.1. The van der Waals surface area contributed by atoms with Crippen LogP contribution in [-0.2, 0) is 6.54 Å². The molecule has 0 bridgehead atoms. The monoisotopic (exact) mass is 150 g/mol. The third-order valence-electron chi connectivity index (χ3n) is 1.72. The van der Waals surface area contributed by atoms with Gasteiger partial charge in [-0.1, -0.05) is 24.3 Å². The van der Waals surface area contributed by atoms with E-state index in [-0.39, 0.29) is 0 Å². The van der Waals surface area contributed by atoms with Crippen LogP contribution >= 0.6 is 0 Å². The third-order valence-corrected chi connectivity index (χ3v) is 1.72. The molecule has 1 aromatic carbocycles. The van der Waals surface area contributed by atoms with Crippen molar-refractivity contribution in [3.8, 4) is 0 Å². The van der Waals surface area contributed by atoms with Gasteiger partial charge >= 0.3 is 0 Å². The molecule has 1 rings (SSSR count). The Labute approximate surface area is 67.4 Å². The van der Waals surface area contributed by atoms with Gasteiger partial charge in [-0.2, -0.15) is 0 Å². The minimum atomic E-state index is 0.536. The molecular weight excluding hydrogens is 136 g/mol. The molecule has 0 radical (unpaired) electrons. The van der Waals surface area contributed by atoms with E-state index in [4.69, 9.17) is 5.73 Å². The lowest BCUT2D eigenvalue weighted by molar-refractivity contribution is 0.706. The summed E-state index contributed by atoms with van der Waals surface area (Å²) in [5, 5.41) is 3.08. The minimum absolute atomic E-state index is 0.536. The van der Waals surface area contributed by atoms with Crippen LogP contribution in [0.3, 0.4) is 0 Å². The Balaban J connectivity index is 2.62. The van der Waals surface area contributed by atoms with Crippen molar-refractivity contribution in [3.05, 3.63) is 35.4 Å². The number of nitrogens with one attached hydrogen (secondary N) is 1. The number of hydrogen-bond donors (Lipinski definition) is 2. The molecule has 2 heteroatoms. The molecule has 2 nitrogen and oxygen atoms in total. The first-order chi connectivity index (χ1) is 5.34. The highest BCUT2D eigenvalue weighted by Gasteiger charge is 1.93. The van der Waals surface area contributed by atoms with Gasteiger partial charge in [0.25, 0.3) is 0 Å². The van der Waals surface area contributed by atoms with Crippen molar-refractivity contribution in [3.63, 3.8) is 0 Å². The van der Waals surface area contributed by atoms with E-state index in [9.17, 15) is 0 Å². The quantitative estimate of drug-likeness (QED) is 0.631. The third kappa shape index (κ3) is 2.33. The first kappa shape index (κ1) is 8.24. The SMILES string of the molecule is Cc1ccccc1CNCN. The van der Waals surface area contributed by atoms with Gasteiger partial charge in [-0.3, -0.25) is 0 Å². The molecule has 0 aliphatic rings.